The Labute approximate surface area is 181 Å². The zero-order chi connectivity index (χ0) is 20.8. The number of rotatable bonds is 7. The smallest absolute Gasteiger partial charge is 0.293 e. The summed E-state index contributed by atoms with van der Waals surface area (Å²) in [5.74, 6) is 0.761. The Bertz CT molecular complexity index is 821. The molecule has 2 aliphatic rings. The number of carbonyl (C=O) groups excluding carboxylic acids is 2. The van der Waals surface area contributed by atoms with Crippen molar-refractivity contribution in [1.82, 2.24) is 15.2 Å². The highest BCUT2D eigenvalue weighted by Crippen LogP contribution is 2.25. The quantitative estimate of drug-likeness (QED) is 0.699. The molecular weight excluding hydrogens is 400 g/mol. The minimum Gasteiger partial charge on any atom is -0.459 e. The van der Waals surface area contributed by atoms with E-state index in [9.17, 15) is 9.59 Å². The highest BCUT2D eigenvalue weighted by molar-refractivity contribution is 7.14. The molecule has 8 heteroatoms. The molecule has 1 saturated carbocycles. The van der Waals surface area contributed by atoms with Crippen molar-refractivity contribution in [3.05, 3.63) is 35.2 Å². The van der Waals surface area contributed by atoms with Crippen LogP contribution in [0.15, 0.2) is 28.2 Å². The van der Waals surface area contributed by atoms with Crippen LogP contribution in [-0.4, -0.2) is 47.4 Å². The van der Waals surface area contributed by atoms with Crippen molar-refractivity contribution in [2.75, 3.05) is 25.0 Å². The molecule has 162 valence electrons. The van der Waals surface area contributed by atoms with E-state index in [1.165, 1.54) is 56.2 Å². The summed E-state index contributed by atoms with van der Waals surface area (Å²) >= 11 is 1.31. The Morgan fingerprint density at radius 2 is 1.97 bits per heavy atom. The summed E-state index contributed by atoms with van der Waals surface area (Å²) in [6, 6.07) is 3.50. The lowest BCUT2D eigenvalue weighted by atomic mass is 9.88. The van der Waals surface area contributed by atoms with Gasteiger partial charge in [0.1, 0.15) is 0 Å². The zero-order valence-corrected chi connectivity index (χ0v) is 18.1. The topological polar surface area (TPSA) is 87.5 Å². The van der Waals surface area contributed by atoms with E-state index in [-0.39, 0.29) is 30.0 Å². The molecule has 1 aliphatic heterocycles. The molecule has 2 N–H and O–H groups in total. The number of aromatic nitrogens is 1. The summed E-state index contributed by atoms with van der Waals surface area (Å²) in [5, 5.41) is 8.13. The van der Waals surface area contributed by atoms with Crippen LogP contribution in [0.25, 0.3) is 0 Å². The predicted molar refractivity (Wildman–Crippen MR) is 117 cm³/mol. The molecule has 0 unspecified atom stereocenters. The SMILES string of the molecule is O=C(Cc1csc(NC(=O)c2ccco2)n1)NC1CCN(CC2CCCCC2)CC1. The molecule has 30 heavy (non-hydrogen) atoms. The Balaban J connectivity index is 1.17. The summed E-state index contributed by atoms with van der Waals surface area (Å²) in [6.07, 6.45) is 10.7. The molecule has 1 saturated heterocycles. The van der Waals surface area contributed by atoms with E-state index in [0.717, 1.165) is 31.8 Å². The van der Waals surface area contributed by atoms with Gasteiger partial charge in [-0.3, -0.25) is 14.9 Å². The number of furan rings is 1. The second kappa shape index (κ2) is 10.2. The number of hydrogen-bond acceptors (Lipinski definition) is 6. The van der Waals surface area contributed by atoms with Gasteiger partial charge in [-0.15, -0.1) is 11.3 Å². The number of hydrogen-bond donors (Lipinski definition) is 2. The Hall–Kier alpha value is -2.19. The number of anilines is 1. The average molecular weight is 431 g/mol. The zero-order valence-electron chi connectivity index (χ0n) is 17.3. The molecule has 7 nitrogen and oxygen atoms in total. The molecule has 2 amide bonds. The summed E-state index contributed by atoms with van der Waals surface area (Å²) < 4.78 is 5.07. The van der Waals surface area contributed by atoms with E-state index in [1.807, 2.05) is 5.38 Å². The molecule has 2 fully saturated rings. The molecular formula is C22H30N4O3S. The van der Waals surface area contributed by atoms with Gasteiger partial charge in [0.2, 0.25) is 5.91 Å². The van der Waals surface area contributed by atoms with Crippen molar-refractivity contribution in [1.29, 1.82) is 0 Å². The first-order chi connectivity index (χ1) is 14.7. The number of amides is 2. The van der Waals surface area contributed by atoms with Gasteiger partial charge in [-0.2, -0.15) is 0 Å². The van der Waals surface area contributed by atoms with Gasteiger partial charge in [0, 0.05) is 31.1 Å². The fraction of sp³-hybridized carbons (Fsp3) is 0.591. The van der Waals surface area contributed by atoms with E-state index in [2.05, 4.69) is 20.5 Å². The van der Waals surface area contributed by atoms with Crippen LogP contribution in [0.2, 0.25) is 0 Å². The minimum atomic E-state index is -0.342. The monoisotopic (exact) mass is 430 g/mol. The molecule has 0 bridgehead atoms. The van der Waals surface area contributed by atoms with Crippen molar-refractivity contribution in [3.8, 4) is 0 Å². The van der Waals surface area contributed by atoms with Crippen LogP contribution in [0.5, 0.6) is 0 Å². The van der Waals surface area contributed by atoms with E-state index in [4.69, 9.17) is 4.42 Å². The van der Waals surface area contributed by atoms with Gasteiger partial charge >= 0.3 is 0 Å². The molecule has 0 radical (unpaired) electrons. The molecule has 1 aliphatic carbocycles. The second-order valence-corrected chi connectivity index (χ2v) is 9.26. The van der Waals surface area contributed by atoms with Crippen LogP contribution in [0.3, 0.4) is 0 Å². The normalized spacial score (nSPS) is 18.9. The van der Waals surface area contributed by atoms with Gasteiger partial charge in [-0.25, -0.2) is 4.98 Å². The number of nitrogens with one attached hydrogen (secondary N) is 2. The third kappa shape index (κ3) is 5.92. The molecule has 0 aromatic carbocycles. The minimum absolute atomic E-state index is 0.00468. The van der Waals surface area contributed by atoms with Crippen molar-refractivity contribution in [2.45, 2.75) is 57.4 Å². The lowest BCUT2D eigenvalue weighted by Gasteiger charge is -2.35. The van der Waals surface area contributed by atoms with Gasteiger partial charge in [0.25, 0.3) is 5.91 Å². The fourth-order valence-corrected chi connectivity index (χ4v) is 5.16. The highest BCUT2D eigenvalue weighted by atomic mass is 32.1. The summed E-state index contributed by atoms with van der Waals surface area (Å²) in [5.41, 5.74) is 0.668. The Kier molecular flexibility index (Phi) is 7.17. The average Bonchev–Trinajstić information content (AvgIpc) is 3.43. The van der Waals surface area contributed by atoms with Crippen molar-refractivity contribution in [2.24, 2.45) is 5.92 Å². The highest BCUT2D eigenvalue weighted by Gasteiger charge is 2.24. The summed E-state index contributed by atoms with van der Waals surface area (Å²) in [7, 11) is 0. The standard InChI is InChI=1S/C22H30N4O3S/c27-20(13-18-15-30-22(24-18)25-21(28)19-7-4-12-29-19)23-17-8-10-26(11-9-17)14-16-5-2-1-3-6-16/h4,7,12,15-17H,1-3,5-6,8-11,13-14H2,(H,23,27)(H,24,25,28). The Morgan fingerprint density at radius 1 is 1.17 bits per heavy atom. The first-order valence-electron chi connectivity index (χ1n) is 11.0. The van der Waals surface area contributed by atoms with Crippen LogP contribution in [0.4, 0.5) is 5.13 Å². The number of likely N-dealkylation sites (tertiary alicyclic amines) is 1. The second-order valence-electron chi connectivity index (χ2n) is 8.40. The summed E-state index contributed by atoms with van der Waals surface area (Å²) in [6.45, 7) is 3.37. The van der Waals surface area contributed by atoms with Gasteiger partial charge < -0.3 is 14.6 Å². The van der Waals surface area contributed by atoms with E-state index in [1.54, 1.807) is 12.1 Å². The van der Waals surface area contributed by atoms with Crippen LogP contribution in [0, 0.1) is 5.92 Å². The lowest BCUT2D eigenvalue weighted by molar-refractivity contribution is -0.121. The molecule has 0 atom stereocenters. The van der Waals surface area contributed by atoms with Gasteiger partial charge in [-0.05, 0) is 43.7 Å². The van der Waals surface area contributed by atoms with Crippen molar-refractivity contribution >= 4 is 28.3 Å². The van der Waals surface area contributed by atoms with Crippen molar-refractivity contribution < 1.29 is 14.0 Å². The third-order valence-electron chi connectivity index (χ3n) is 6.05. The van der Waals surface area contributed by atoms with Gasteiger partial charge in [0.15, 0.2) is 10.9 Å². The van der Waals surface area contributed by atoms with Crippen LogP contribution in [-0.2, 0) is 11.2 Å². The number of thiazole rings is 1. The van der Waals surface area contributed by atoms with Crippen molar-refractivity contribution in [3.63, 3.8) is 0 Å². The number of nitrogens with zero attached hydrogens (tertiary/aromatic N) is 2. The van der Waals surface area contributed by atoms with Crippen LogP contribution >= 0.6 is 11.3 Å². The first kappa shape index (κ1) is 21.1. The molecule has 3 heterocycles. The maximum atomic E-state index is 12.4. The first-order valence-corrected chi connectivity index (χ1v) is 11.8. The predicted octanol–water partition coefficient (Wildman–Crippen LogP) is 3.69. The van der Waals surface area contributed by atoms with E-state index in [0.29, 0.717) is 10.8 Å². The largest absolute Gasteiger partial charge is 0.459 e. The third-order valence-corrected chi connectivity index (χ3v) is 6.86. The molecule has 2 aromatic rings. The number of piperidine rings is 1. The fourth-order valence-electron chi connectivity index (χ4n) is 4.45. The maximum absolute atomic E-state index is 12.4. The summed E-state index contributed by atoms with van der Waals surface area (Å²) in [4.78, 5) is 31.4. The molecule has 2 aromatic heterocycles. The molecule has 0 spiro atoms. The Morgan fingerprint density at radius 3 is 2.70 bits per heavy atom. The molecule has 4 rings (SSSR count). The van der Waals surface area contributed by atoms with E-state index < -0.39 is 0 Å². The number of carbonyl (C=O) groups is 2. The lowest BCUT2D eigenvalue weighted by Crippen LogP contribution is -2.46. The van der Waals surface area contributed by atoms with Gasteiger partial charge in [0.05, 0.1) is 18.4 Å². The van der Waals surface area contributed by atoms with Gasteiger partial charge in [-0.1, -0.05) is 19.3 Å². The van der Waals surface area contributed by atoms with E-state index >= 15 is 0 Å². The van der Waals surface area contributed by atoms with Crippen LogP contribution in [0.1, 0.15) is 61.2 Å². The van der Waals surface area contributed by atoms with Crippen LogP contribution < -0.4 is 10.6 Å². The maximum Gasteiger partial charge on any atom is 0.293 e.